The van der Waals surface area contributed by atoms with Crippen LogP contribution >= 0.6 is 0 Å². The van der Waals surface area contributed by atoms with E-state index in [-0.39, 0.29) is 12.4 Å². The number of ether oxygens (including phenoxy) is 2. The molecule has 0 aliphatic carbocycles. The molecule has 0 amide bonds. The van der Waals surface area contributed by atoms with E-state index in [1.807, 2.05) is 0 Å². The van der Waals surface area contributed by atoms with E-state index in [9.17, 15) is 8.42 Å². The van der Waals surface area contributed by atoms with Crippen molar-refractivity contribution in [2.75, 3.05) is 39.3 Å². The van der Waals surface area contributed by atoms with Gasteiger partial charge in [-0.1, -0.05) is 0 Å². The summed E-state index contributed by atoms with van der Waals surface area (Å²) in [7, 11) is -1.66. The molecule has 0 aliphatic rings. The molecule has 0 fully saturated rings. The Morgan fingerprint density at radius 3 is 2.27 bits per heavy atom. The molecule has 0 unspecified atom stereocenters. The molecule has 0 aromatic carbocycles. The first-order chi connectivity index (χ1) is 7.12. The second-order valence-corrected chi connectivity index (χ2v) is 4.91. The monoisotopic (exact) mass is 240 g/mol. The fourth-order valence-corrected chi connectivity index (χ4v) is 1.36. The van der Waals surface area contributed by atoms with Gasteiger partial charge in [0.05, 0.1) is 25.6 Å². The van der Waals surface area contributed by atoms with Crippen LogP contribution in [0.3, 0.4) is 0 Å². The van der Waals surface area contributed by atoms with E-state index >= 15 is 0 Å². The molecule has 0 rings (SSSR count). The van der Waals surface area contributed by atoms with Crippen LogP contribution in [0.2, 0.25) is 0 Å². The third-order valence-electron chi connectivity index (χ3n) is 1.73. The van der Waals surface area contributed by atoms with Crippen molar-refractivity contribution < 1.29 is 22.1 Å². The third-order valence-corrected chi connectivity index (χ3v) is 2.96. The summed E-state index contributed by atoms with van der Waals surface area (Å²) in [6.45, 7) is 3.57. The second-order valence-electron chi connectivity index (χ2n) is 2.98. The lowest BCUT2D eigenvalue weighted by molar-refractivity contribution is 0.0675. The van der Waals surface area contributed by atoms with Gasteiger partial charge < -0.3 is 9.47 Å². The standard InChI is InChI=1S/C9H20O5S/c1-3-15(10,11)14-7-5-4-6-13-9-8-12-2/h3-9H2,1-2H3. The number of methoxy groups -OCH3 is 1. The minimum Gasteiger partial charge on any atom is -0.382 e. The van der Waals surface area contributed by atoms with Crippen LogP contribution in [0.5, 0.6) is 0 Å². The number of rotatable bonds is 10. The van der Waals surface area contributed by atoms with Crippen molar-refractivity contribution in [1.82, 2.24) is 0 Å². The van der Waals surface area contributed by atoms with Gasteiger partial charge in [-0.2, -0.15) is 8.42 Å². The summed E-state index contributed by atoms with van der Waals surface area (Å²) in [5.41, 5.74) is 0. The fraction of sp³-hybridized carbons (Fsp3) is 1.00. The Kier molecular flexibility index (Phi) is 8.98. The molecule has 0 radical (unpaired) electrons. The summed E-state index contributed by atoms with van der Waals surface area (Å²) < 4.78 is 36.5. The maximum absolute atomic E-state index is 10.9. The van der Waals surface area contributed by atoms with Crippen molar-refractivity contribution in [3.8, 4) is 0 Å². The first-order valence-electron chi connectivity index (χ1n) is 5.06. The quantitative estimate of drug-likeness (QED) is 0.417. The molecule has 0 heterocycles. The summed E-state index contributed by atoms with van der Waals surface area (Å²) in [5, 5.41) is 0. The summed E-state index contributed by atoms with van der Waals surface area (Å²) in [6.07, 6.45) is 1.48. The van der Waals surface area contributed by atoms with Crippen molar-refractivity contribution in [3.63, 3.8) is 0 Å². The molecule has 0 aromatic heterocycles. The normalized spacial score (nSPS) is 11.9. The first kappa shape index (κ1) is 14.8. The largest absolute Gasteiger partial charge is 0.382 e. The number of unbranched alkanes of at least 4 members (excludes halogenated alkanes) is 1. The molecule has 5 nitrogen and oxygen atoms in total. The van der Waals surface area contributed by atoms with Crippen LogP contribution in [0, 0.1) is 0 Å². The molecular formula is C9H20O5S. The molecule has 0 atom stereocenters. The van der Waals surface area contributed by atoms with Gasteiger partial charge in [0.1, 0.15) is 0 Å². The van der Waals surface area contributed by atoms with Crippen LogP contribution in [0.25, 0.3) is 0 Å². The molecule has 0 saturated heterocycles. The summed E-state index contributed by atoms with van der Waals surface area (Å²) >= 11 is 0. The molecule has 15 heavy (non-hydrogen) atoms. The Balaban J connectivity index is 3.19. The van der Waals surface area contributed by atoms with Crippen LogP contribution < -0.4 is 0 Å². The summed E-state index contributed by atoms with van der Waals surface area (Å²) in [5.74, 6) is 0.0251. The van der Waals surface area contributed by atoms with Gasteiger partial charge in [-0.15, -0.1) is 0 Å². The Hall–Kier alpha value is -0.170. The fourth-order valence-electron chi connectivity index (χ4n) is 0.820. The predicted octanol–water partition coefficient (Wildman–Crippen LogP) is 0.796. The van der Waals surface area contributed by atoms with E-state index in [4.69, 9.17) is 13.7 Å². The highest BCUT2D eigenvalue weighted by Crippen LogP contribution is 1.97. The van der Waals surface area contributed by atoms with Crippen LogP contribution in [0.15, 0.2) is 0 Å². The van der Waals surface area contributed by atoms with Gasteiger partial charge >= 0.3 is 0 Å². The third kappa shape index (κ3) is 10.1. The first-order valence-corrected chi connectivity index (χ1v) is 6.64. The molecule has 0 aromatic rings. The van der Waals surface area contributed by atoms with E-state index in [2.05, 4.69) is 0 Å². The van der Waals surface area contributed by atoms with Crippen LogP contribution in [0.1, 0.15) is 19.8 Å². The molecule has 0 bridgehead atoms. The van der Waals surface area contributed by atoms with Gasteiger partial charge in [-0.3, -0.25) is 4.18 Å². The zero-order valence-corrected chi connectivity index (χ0v) is 10.2. The maximum Gasteiger partial charge on any atom is 0.267 e. The Morgan fingerprint density at radius 2 is 1.67 bits per heavy atom. The molecule has 0 aliphatic heterocycles. The van der Waals surface area contributed by atoms with Crippen molar-refractivity contribution in [2.45, 2.75) is 19.8 Å². The van der Waals surface area contributed by atoms with Gasteiger partial charge in [-0.05, 0) is 19.8 Å². The predicted molar refractivity (Wildman–Crippen MR) is 57.3 cm³/mol. The molecule has 92 valence electrons. The van der Waals surface area contributed by atoms with E-state index in [0.717, 1.165) is 6.42 Å². The molecule has 0 saturated carbocycles. The van der Waals surface area contributed by atoms with Crippen LogP contribution in [-0.2, 0) is 23.8 Å². The smallest absolute Gasteiger partial charge is 0.267 e. The topological polar surface area (TPSA) is 61.8 Å². The van der Waals surface area contributed by atoms with E-state index < -0.39 is 10.1 Å². The lowest BCUT2D eigenvalue weighted by atomic mass is 10.3. The van der Waals surface area contributed by atoms with E-state index in [1.54, 1.807) is 14.0 Å². The summed E-state index contributed by atoms with van der Waals surface area (Å²) in [6, 6.07) is 0. The maximum atomic E-state index is 10.9. The highest BCUT2D eigenvalue weighted by Gasteiger charge is 2.05. The van der Waals surface area contributed by atoms with Crippen molar-refractivity contribution in [1.29, 1.82) is 0 Å². The molecule has 6 heteroatoms. The van der Waals surface area contributed by atoms with Crippen LogP contribution in [-0.4, -0.2) is 47.7 Å². The highest BCUT2D eigenvalue weighted by molar-refractivity contribution is 7.86. The van der Waals surface area contributed by atoms with Crippen LogP contribution in [0.4, 0.5) is 0 Å². The minimum atomic E-state index is -3.28. The molecule has 0 N–H and O–H groups in total. The van der Waals surface area contributed by atoms with Gasteiger partial charge in [0.15, 0.2) is 0 Å². The van der Waals surface area contributed by atoms with Gasteiger partial charge in [0.25, 0.3) is 10.1 Å². The zero-order valence-electron chi connectivity index (χ0n) is 9.40. The van der Waals surface area contributed by atoms with Crippen molar-refractivity contribution in [2.24, 2.45) is 0 Å². The van der Waals surface area contributed by atoms with Gasteiger partial charge in [0, 0.05) is 13.7 Å². The Labute approximate surface area is 91.8 Å². The molecule has 0 spiro atoms. The highest BCUT2D eigenvalue weighted by atomic mass is 32.2. The minimum absolute atomic E-state index is 0.0251. The van der Waals surface area contributed by atoms with Crippen molar-refractivity contribution in [3.05, 3.63) is 0 Å². The lowest BCUT2D eigenvalue weighted by Crippen LogP contribution is -2.10. The molecular weight excluding hydrogens is 220 g/mol. The number of hydrogen-bond acceptors (Lipinski definition) is 5. The Bertz CT molecular complexity index is 225. The number of hydrogen-bond donors (Lipinski definition) is 0. The van der Waals surface area contributed by atoms with Gasteiger partial charge in [0.2, 0.25) is 0 Å². The Morgan fingerprint density at radius 1 is 1.00 bits per heavy atom. The lowest BCUT2D eigenvalue weighted by Gasteiger charge is -2.04. The second kappa shape index (κ2) is 9.08. The van der Waals surface area contributed by atoms with E-state index in [1.165, 1.54) is 0 Å². The average molecular weight is 240 g/mol. The van der Waals surface area contributed by atoms with E-state index in [0.29, 0.717) is 26.2 Å². The zero-order chi connectivity index (χ0) is 11.6. The summed E-state index contributed by atoms with van der Waals surface area (Å²) in [4.78, 5) is 0. The SMILES string of the molecule is CCS(=O)(=O)OCCCCOCCOC. The van der Waals surface area contributed by atoms with Crippen molar-refractivity contribution >= 4 is 10.1 Å². The van der Waals surface area contributed by atoms with Gasteiger partial charge in [-0.25, -0.2) is 0 Å². The average Bonchev–Trinajstić information content (AvgIpc) is 2.22.